The van der Waals surface area contributed by atoms with Crippen molar-refractivity contribution in [1.82, 2.24) is 9.97 Å². The number of H-pyrrole nitrogens is 1. The van der Waals surface area contributed by atoms with Crippen molar-refractivity contribution in [2.45, 2.75) is 12.8 Å². The van der Waals surface area contributed by atoms with E-state index in [-0.39, 0.29) is 5.88 Å². The summed E-state index contributed by atoms with van der Waals surface area (Å²) in [7, 11) is 0. The first-order valence-electron chi connectivity index (χ1n) is 9.23. The van der Waals surface area contributed by atoms with Gasteiger partial charge in [-0.2, -0.15) is 10.2 Å². The average Bonchev–Trinajstić information content (AvgIpc) is 3.28. The van der Waals surface area contributed by atoms with Gasteiger partial charge in [-0.25, -0.2) is 0 Å². The van der Waals surface area contributed by atoms with E-state index < -0.39 is 0 Å². The third kappa shape index (κ3) is 2.97. The molecule has 136 valence electrons. The second kappa shape index (κ2) is 6.78. The summed E-state index contributed by atoms with van der Waals surface area (Å²) in [6.07, 6.45) is 7.35. The topological polar surface area (TPSA) is 73.6 Å². The third-order valence-electron chi connectivity index (χ3n) is 5.05. The number of benzene rings is 2. The number of azo groups is 1. The van der Waals surface area contributed by atoms with Crippen LogP contribution < -0.4 is 10.4 Å². The molecular weight excluding hydrogens is 348 g/mol. The fourth-order valence-electron chi connectivity index (χ4n) is 3.59. The van der Waals surface area contributed by atoms with Crippen LogP contribution in [-0.4, -0.2) is 15.1 Å². The number of aromatic hydroxyl groups is 1. The molecule has 1 aliphatic heterocycles. The number of aromatic amines is 1. The Labute approximate surface area is 161 Å². The number of aromatic nitrogens is 2. The van der Waals surface area contributed by atoms with Crippen LogP contribution in [0.1, 0.15) is 17.5 Å². The van der Waals surface area contributed by atoms with E-state index in [0.29, 0.717) is 0 Å². The molecule has 0 amide bonds. The van der Waals surface area contributed by atoms with Crippen LogP contribution in [0.25, 0.3) is 22.7 Å². The highest BCUT2D eigenvalue weighted by molar-refractivity contribution is 5.91. The molecule has 0 bridgehead atoms. The highest BCUT2D eigenvalue weighted by Gasteiger charge is 2.10. The number of nitrogens with one attached hydrogen (secondary N) is 1. The number of para-hydroxylation sites is 1. The maximum Gasteiger partial charge on any atom is 0.196 e. The van der Waals surface area contributed by atoms with E-state index in [4.69, 9.17) is 0 Å². The van der Waals surface area contributed by atoms with E-state index in [0.717, 1.165) is 51.1 Å². The molecule has 2 aromatic heterocycles. The van der Waals surface area contributed by atoms with Crippen molar-refractivity contribution in [1.29, 1.82) is 0 Å². The Kier molecular flexibility index (Phi) is 3.98. The monoisotopic (exact) mass is 366 g/mol. The number of aryl methyl sites for hydroxylation is 1. The second-order valence-electron chi connectivity index (χ2n) is 6.86. The Balaban J connectivity index is 1.50. The van der Waals surface area contributed by atoms with Gasteiger partial charge in [0.05, 0.1) is 11.4 Å². The highest BCUT2D eigenvalue weighted by atomic mass is 16.3. The van der Waals surface area contributed by atoms with Crippen LogP contribution in [-0.2, 0) is 6.42 Å². The molecular formula is C23H18N4O. The van der Waals surface area contributed by atoms with Gasteiger partial charge in [0.2, 0.25) is 0 Å². The zero-order valence-corrected chi connectivity index (χ0v) is 15.1. The Bertz CT molecular complexity index is 1320. The van der Waals surface area contributed by atoms with Crippen LogP contribution in [0.3, 0.4) is 0 Å². The number of nitrogens with zero attached hydrogens (tertiary/aromatic N) is 3. The van der Waals surface area contributed by atoms with E-state index in [1.54, 1.807) is 0 Å². The average molecular weight is 366 g/mol. The number of pyridine rings is 1. The van der Waals surface area contributed by atoms with Crippen LogP contribution >= 0.6 is 0 Å². The standard InChI is InChI=1S/C23H18N4O/c28-23-19(17-3-1-2-4-20(17)25-23)13-16-5-7-18-21(26-27-22(18)14-16)8-6-15-9-11-24-12-10-15/h1-5,7,9-14,25,28H,6,8H2. The van der Waals surface area contributed by atoms with Crippen LogP contribution in [0.4, 0.5) is 5.69 Å². The van der Waals surface area contributed by atoms with Crippen LogP contribution in [0.15, 0.2) is 77.2 Å². The first kappa shape index (κ1) is 16.4. The van der Waals surface area contributed by atoms with Crippen molar-refractivity contribution in [2.75, 3.05) is 0 Å². The van der Waals surface area contributed by atoms with Gasteiger partial charge in [-0.3, -0.25) is 4.98 Å². The summed E-state index contributed by atoms with van der Waals surface area (Å²) in [6.45, 7) is 0. The molecule has 0 atom stereocenters. The summed E-state index contributed by atoms with van der Waals surface area (Å²) >= 11 is 0. The van der Waals surface area contributed by atoms with Gasteiger partial charge >= 0.3 is 0 Å². The molecule has 0 unspecified atom stereocenters. The van der Waals surface area contributed by atoms with Crippen LogP contribution in [0.5, 0.6) is 5.88 Å². The van der Waals surface area contributed by atoms with E-state index in [2.05, 4.69) is 26.3 Å². The minimum absolute atomic E-state index is 0.174. The summed E-state index contributed by atoms with van der Waals surface area (Å²) in [4.78, 5) is 7.07. The lowest BCUT2D eigenvalue weighted by molar-refractivity contribution is 0.457. The van der Waals surface area contributed by atoms with Crippen molar-refractivity contribution < 1.29 is 5.11 Å². The number of rotatable bonds is 4. The molecule has 3 heterocycles. The second-order valence-corrected chi connectivity index (χ2v) is 6.86. The molecule has 5 rings (SSSR count). The Morgan fingerprint density at radius 1 is 0.929 bits per heavy atom. The van der Waals surface area contributed by atoms with Gasteiger partial charge < -0.3 is 10.1 Å². The lowest BCUT2D eigenvalue weighted by Crippen LogP contribution is -2.09. The Morgan fingerprint density at radius 3 is 2.68 bits per heavy atom. The maximum atomic E-state index is 10.3. The third-order valence-corrected chi connectivity index (χ3v) is 5.05. The first-order valence-corrected chi connectivity index (χ1v) is 9.23. The van der Waals surface area contributed by atoms with Crippen LogP contribution in [0, 0.1) is 0 Å². The molecule has 5 heteroatoms. The van der Waals surface area contributed by atoms with Gasteiger partial charge in [-0.05, 0) is 54.0 Å². The summed E-state index contributed by atoms with van der Waals surface area (Å²) in [5.41, 5.74) is 4.82. The van der Waals surface area contributed by atoms with Crippen LogP contribution in [0.2, 0.25) is 0 Å². The summed E-state index contributed by atoms with van der Waals surface area (Å²) in [5, 5.41) is 22.1. The summed E-state index contributed by atoms with van der Waals surface area (Å²) in [5.74, 6) is 0.174. The summed E-state index contributed by atoms with van der Waals surface area (Å²) < 4.78 is 0. The van der Waals surface area contributed by atoms with Crippen molar-refractivity contribution >= 4 is 28.4 Å². The smallest absolute Gasteiger partial charge is 0.196 e. The van der Waals surface area contributed by atoms with Gasteiger partial charge in [-0.15, -0.1) is 0 Å². The molecule has 2 aromatic carbocycles. The molecule has 0 aliphatic carbocycles. The van der Waals surface area contributed by atoms with E-state index in [1.165, 1.54) is 5.56 Å². The first-order chi connectivity index (χ1) is 13.8. The van der Waals surface area contributed by atoms with Gasteiger partial charge in [-0.1, -0.05) is 30.3 Å². The number of fused-ring (bicyclic) bond motifs is 2. The number of hydrogen-bond acceptors (Lipinski definition) is 4. The predicted molar refractivity (Wildman–Crippen MR) is 110 cm³/mol. The molecule has 1 aliphatic rings. The minimum atomic E-state index is 0.174. The highest BCUT2D eigenvalue weighted by Crippen LogP contribution is 2.27. The Hall–Kier alpha value is -3.73. The molecule has 0 radical (unpaired) electrons. The molecule has 5 nitrogen and oxygen atoms in total. The van der Waals surface area contributed by atoms with E-state index >= 15 is 0 Å². The van der Waals surface area contributed by atoms with E-state index in [1.807, 2.05) is 67.0 Å². The zero-order chi connectivity index (χ0) is 18.9. The largest absolute Gasteiger partial charge is 0.494 e. The molecule has 0 saturated heterocycles. The van der Waals surface area contributed by atoms with Gasteiger partial charge in [0.25, 0.3) is 0 Å². The van der Waals surface area contributed by atoms with E-state index in [9.17, 15) is 5.11 Å². The fourth-order valence-corrected chi connectivity index (χ4v) is 3.59. The van der Waals surface area contributed by atoms with Crippen molar-refractivity contribution in [3.63, 3.8) is 0 Å². The lowest BCUT2D eigenvalue weighted by Gasteiger charge is -1.99. The van der Waals surface area contributed by atoms with Crippen molar-refractivity contribution in [3.05, 3.63) is 88.6 Å². The van der Waals surface area contributed by atoms with Gasteiger partial charge in [0.15, 0.2) is 5.88 Å². The minimum Gasteiger partial charge on any atom is -0.494 e. The van der Waals surface area contributed by atoms with Crippen molar-refractivity contribution in [3.8, 4) is 5.88 Å². The lowest BCUT2D eigenvalue weighted by atomic mass is 10.1. The molecule has 0 fully saturated rings. The zero-order valence-electron chi connectivity index (χ0n) is 15.1. The predicted octanol–water partition coefficient (Wildman–Crippen LogP) is 3.94. The molecule has 2 N–H and O–H groups in total. The molecule has 0 saturated carbocycles. The molecule has 28 heavy (non-hydrogen) atoms. The quantitative estimate of drug-likeness (QED) is 0.574. The van der Waals surface area contributed by atoms with Gasteiger partial charge in [0, 0.05) is 34.1 Å². The maximum absolute atomic E-state index is 10.3. The fraction of sp³-hybridized carbons (Fsp3) is 0.0870. The van der Waals surface area contributed by atoms with Gasteiger partial charge in [0.1, 0.15) is 0 Å². The summed E-state index contributed by atoms with van der Waals surface area (Å²) in [6, 6.07) is 18.0. The molecule has 4 aromatic rings. The SMILES string of the molecule is Oc1[nH]c2ccccc2c1C=c1ccc2c(c1)N=NC=2CCc1ccncc1. The normalized spacial score (nSPS) is 13.4. The number of hydrogen-bond donors (Lipinski definition) is 2. The Morgan fingerprint density at radius 2 is 1.79 bits per heavy atom. The van der Waals surface area contributed by atoms with Crippen molar-refractivity contribution in [2.24, 2.45) is 10.2 Å². The molecule has 0 spiro atoms.